The second-order valence-electron chi connectivity index (χ2n) is 6.03. The number of carbonyl (C=O) groups is 1. The van der Waals surface area contributed by atoms with Crippen molar-refractivity contribution in [2.45, 2.75) is 33.2 Å². The summed E-state index contributed by atoms with van der Waals surface area (Å²) in [5.41, 5.74) is 2.49. The van der Waals surface area contributed by atoms with Gasteiger partial charge >= 0.3 is 0 Å². The van der Waals surface area contributed by atoms with E-state index in [4.69, 9.17) is 0 Å². The first-order chi connectivity index (χ1) is 10.1. The molecule has 110 valence electrons. The minimum Gasteiger partial charge on any atom is -0.353 e. The van der Waals surface area contributed by atoms with Crippen LogP contribution in [0.15, 0.2) is 30.3 Å². The van der Waals surface area contributed by atoms with E-state index in [0.29, 0.717) is 17.5 Å². The van der Waals surface area contributed by atoms with Gasteiger partial charge in [-0.1, -0.05) is 25.1 Å². The van der Waals surface area contributed by atoms with Crippen molar-refractivity contribution in [3.63, 3.8) is 0 Å². The Morgan fingerprint density at radius 3 is 2.52 bits per heavy atom. The molecule has 4 nitrogen and oxygen atoms in total. The quantitative estimate of drug-likeness (QED) is 0.812. The van der Waals surface area contributed by atoms with Gasteiger partial charge in [-0.3, -0.25) is 4.79 Å². The number of rotatable bonds is 3. The van der Waals surface area contributed by atoms with Crippen LogP contribution in [0.3, 0.4) is 0 Å². The van der Waals surface area contributed by atoms with Crippen molar-refractivity contribution in [2.24, 2.45) is 5.92 Å². The molecule has 2 atom stereocenters. The van der Waals surface area contributed by atoms with Gasteiger partial charge in [0.05, 0.1) is 16.9 Å². The normalized spacial score (nSPS) is 21.8. The Balaban J connectivity index is 2.16. The van der Waals surface area contributed by atoms with E-state index in [9.17, 15) is 4.79 Å². The van der Waals surface area contributed by atoms with Crippen LogP contribution in [-0.2, 0) is 0 Å². The first-order valence-corrected chi connectivity index (χ1v) is 7.48. The molecule has 0 amide bonds. The van der Waals surface area contributed by atoms with Crippen LogP contribution in [0.5, 0.6) is 0 Å². The molecule has 2 aromatic rings. The first-order valence-electron chi connectivity index (χ1n) is 7.48. The van der Waals surface area contributed by atoms with Crippen molar-refractivity contribution in [2.75, 3.05) is 11.4 Å². The Hall–Kier alpha value is -2.10. The predicted molar refractivity (Wildman–Crippen MR) is 84.3 cm³/mol. The summed E-state index contributed by atoms with van der Waals surface area (Å²) in [7, 11) is 0. The fraction of sp³-hybridized carbons (Fsp3) is 0.412. The van der Waals surface area contributed by atoms with Gasteiger partial charge in [-0.15, -0.1) is 0 Å². The Bertz CT molecular complexity index is 648. The van der Waals surface area contributed by atoms with Crippen LogP contribution < -0.4 is 4.90 Å². The molecule has 1 fully saturated rings. The van der Waals surface area contributed by atoms with Gasteiger partial charge < -0.3 is 4.90 Å². The lowest BCUT2D eigenvalue weighted by molar-refractivity contribution is 0.112. The summed E-state index contributed by atoms with van der Waals surface area (Å²) in [6, 6.07) is 10.4. The van der Waals surface area contributed by atoms with Crippen LogP contribution in [0, 0.1) is 12.8 Å². The standard InChI is InChI=1S/C17H21N3O/c1-12-9-13(2)19(10-12)17-16(11-21)14(3)18-20(17)15-7-5-4-6-8-15/h4-8,11-13H,9-10H2,1-3H3. The van der Waals surface area contributed by atoms with Gasteiger partial charge in [-0.05, 0) is 38.3 Å². The molecule has 1 aliphatic heterocycles. The highest BCUT2D eigenvalue weighted by atomic mass is 16.1. The summed E-state index contributed by atoms with van der Waals surface area (Å²) in [4.78, 5) is 13.9. The molecule has 4 heteroatoms. The Kier molecular flexibility index (Phi) is 3.53. The molecule has 3 rings (SSSR count). The van der Waals surface area contributed by atoms with Gasteiger partial charge in [0.25, 0.3) is 0 Å². The number of hydrogen-bond donors (Lipinski definition) is 0. The second kappa shape index (κ2) is 5.35. The third-order valence-electron chi connectivity index (χ3n) is 4.26. The maximum absolute atomic E-state index is 11.6. The van der Waals surface area contributed by atoms with Crippen LogP contribution in [0.1, 0.15) is 36.3 Å². The topological polar surface area (TPSA) is 38.1 Å². The molecular formula is C17H21N3O. The highest BCUT2D eigenvalue weighted by Crippen LogP contribution is 2.33. The van der Waals surface area contributed by atoms with Gasteiger partial charge in [0.15, 0.2) is 6.29 Å². The lowest BCUT2D eigenvalue weighted by Gasteiger charge is -2.25. The molecule has 0 bridgehead atoms. The number of nitrogens with zero attached hydrogens (tertiary/aromatic N) is 3. The zero-order chi connectivity index (χ0) is 15.0. The number of anilines is 1. The number of aldehydes is 1. The number of benzene rings is 1. The first kappa shape index (κ1) is 13.9. The van der Waals surface area contributed by atoms with Crippen LogP contribution in [0.25, 0.3) is 5.69 Å². The van der Waals surface area contributed by atoms with Crippen LogP contribution in [0.4, 0.5) is 5.82 Å². The van der Waals surface area contributed by atoms with Gasteiger partial charge in [0.1, 0.15) is 5.82 Å². The van der Waals surface area contributed by atoms with E-state index >= 15 is 0 Å². The highest BCUT2D eigenvalue weighted by Gasteiger charge is 2.31. The average molecular weight is 283 g/mol. The van der Waals surface area contributed by atoms with E-state index in [0.717, 1.165) is 36.5 Å². The second-order valence-corrected chi connectivity index (χ2v) is 6.03. The molecular weight excluding hydrogens is 262 g/mol. The molecule has 0 N–H and O–H groups in total. The van der Waals surface area contributed by atoms with Crippen molar-refractivity contribution in [1.29, 1.82) is 0 Å². The summed E-state index contributed by atoms with van der Waals surface area (Å²) in [5, 5.41) is 4.60. The summed E-state index contributed by atoms with van der Waals surface area (Å²) < 4.78 is 1.91. The third kappa shape index (κ3) is 2.35. The van der Waals surface area contributed by atoms with Gasteiger partial charge in [-0.2, -0.15) is 5.10 Å². The smallest absolute Gasteiger partial charge is 0.155 e. The largest absolute Gasteiger partial charge is 0.353 e. The molecule has 1 aromatic carbocycles. The minimum absolute atomic E-state index is 0.428. The molecule has 2 unspecified atom stereocenters. The van der Waals surface area contributed by atoms with Crippen molar-refractivity contribution in [3.8, 4) is 5.69 Å². The SMILES string of the molecule is Cc1nn(-c2ccccc2)c(N2CC(C)CC2C)c1C=O. The van der Waals surface area contributed by atoms with E-state index in [1.807, 2.05) is 41.9 Å². The number of aryl methyl sites for hydroxylation is 1. The van der Waals surface area contributed by atoms with E-state index < -0.39 is 0 Å². The lowest BCUT2D eigenvalue weighted by Crippen LogP contribution is -2.29. The molecule has 0 aliphatic carbocycles. The molecule has 0 saturated carbocycles. The van der Waals surface area contributed by atoms with Crippen molar-refractivity contribution in [1.82, 2.24) is 9.78 Å². The molecule has 1 aliphatic rings. The monoisotopic (exact) mass is 283 g/mol. The van der Waals surface area contributed by atoms with Crippen molar-refractivity contribution >= 4 is 12.1 Å². The third-order valence-corrected chi connectivity index (χ3v) is 4.26. The number of hydrogen-bond acceptors (Lipinski definition) is 3. The number of para-hydroxylation sites is 1. The summed E-state index contributed by atoms with van der Waals surface area (Å²) in [6.07, 6.45) is 2.09. The summed E-state index contributed by atoms with van der Waals surface area (Å²) in [6.45, 7) is 7.35. The van der Waals surface area contributed by atoms with Crippen molar-refractivity contribution < 1.29 is 4.79 Å². The molecule has 1 aromatic heterocycles. The Morgan fingerprint density at radius 1 is 1.24 bits per heavy atom. The zero-order valence-corrected chi connectivity index (χ0v) is 12.8. The fourth-order valence-electron chi connectivity index (χ4n) is 3.29. The van der Waals surface area contributed by atoms with Crippen molar-refractivity contribution in [3.05, 3.63) is 41.6 Å². The summed E-state index contributed by atoms with van der Waals surface area (Å²) >= 11 is 0. The van der Waals surface area contributed by atoms with E-state index in [2.05, 4.69) is 23.8 Å². The van der Waals surface area contributed by atoms with Crippen LogP contribution in [-0.4, -0.2) is 28.7 Å². The summed E-state index contributed by atoms with van der Waals surface area (Å²) in [5.74, 6) is 1.57. The molecule has 0 radical (unpaired) electrons. The average Bonchev–Trinajstić information content (AvgIpc) is 2.98. The number of carbonyl (C=O) groups excluding carboxylic acids is 1. The minimum atomic E-state index is 0.428. The maximum Gasteiger partial charge on any atom is 0.155 e. The molecule has 21 heavy (non-hydrogen) atoms. The highest BCUT2D eigenvalue weighted by molar-refractivity contribution is 5.85. The van der Waals surface area contributed by atoms with Gasteiger partial charge in [-0.25, -0.2) is 4.68 Å². The molecule has 1 saturated heterocycles. The maximum atomic E-state index is 11.6. The van der Waals surface area contributed by atoms with E-state index in [1.165, 1.54) is 0 Å². The van der Waals surface area contributed by atoms with E-state index in [-0.39, 0.29) is 0 Å². The Morgan fingerprint density at radius 2 is 1.95 bits per heavy atom. The van der Waals surface area contributed by atoms with Crippen LogP contribution >= 0.6 is 0 Å². The Labute approximate surface area is 125 Å². The van der Waals surface area contributed by atoms with Crippen LogP contribution in [0.2, 0.25) is 0 Å². The number of aromatic nitrogens is 2. The predicted octanol–water partition coefficient (Wildman–Crippen LogP) is 3.23. The molecule has 0 spiro atoms. The van der Waals surface area contributed by atoms with E-state index in [1.54, 1.807) is 0 Å². The van der Waals surface area contributed by atoms with Gasteiger partial charge in [0, 0.05) is 12.6 Å². The fourth-order valence-corrected chi connectivity index (χ4v) is 3.29. The lowest BCUT2D eigenvalue weighted by atomic mass is 10.1. The molecule has 2 heterocycles. The van der Waals surface area contributed by atoms with Gasteiger partial charge in [0.2, 0.25) is 0 Å². The zero-order valence-electron chi connectivity index (χ0n) is 12.8.